The van der Waals surface area contributed by atoms with Gasteiger partial charge in [0.1, 0.15) is 0 Å². The first-order valence-corrected chi connectivity index (χ1v) is 9.07. The summed E-state index contributed by atoms with van der Waals surface area (Å²) in [4.78, 5) is 24.2. The third-order valence-electron chi connectivity index (χ3n) is 4.55. The number of carbonyl (C=O) groups excluding carboxylic acids is 2. The van der Waals surface area contributed by atoms with E-state index in [9.17, 15) is 9.59 Å². The van der Waals surface area contributed by atoms with Gasteiger partial charge in [-0.2, -0.15) is 0 Å². The van der Waals surface area contributed by atoms with Crippen LogP contribution in [0.1, 0.15) is 41.7 Å². The molecule has 0 aliphatic rings. The van der Waals surface area contributed by atoms with Crippen LogP contribution in [-0.2, 0) is 33.6 Å². The zero-order chi connectivity index (χ0) is 19.1. The van der Waals surface area contributed by atoms with E-state index in [4.69, 9.17) is 4.74 Å². The molecule has 0 saturated heterocycles. The first kappa shape index (κ1) is 19.7. The highest BCUT2D eigenvalue weighted by atomic mass is 16.5. The minimum Gasteiger partial charge on any atom is -0.455 e. The first-order valence-electron chi connectivity index (χ1n) is 9.07. The van der Waals surface area contributed by atoms with Crippen molar-refractivity contribution in [2.75, 3.05) is 11.9 Å². The van der Waals surface area contributed by atoms with Crippen molar-refractivity contribution in [1.82, 2.24) is 0 Å². The summed E-state index contributed by atoms with van der Waals surface area (Å²) >= 11 is 0. The standard InChI is InChI=1S/C22H27NO3/c1-5-18-8-7-9-19(6-2)22(18)23-20(24)14-26-21(25)13-17-11-10-15(3)16(4)12-17/h7-12H,5-6,13-14H2,1-4H3,(H,23,24). The Morgan fingerprint density at radius 1 is 0.962 bits per heavy atom. The molecule has 0 aromatic heterocycles. The van der Waals surface area contributed by atoms with Gasteiger partial charge in [0.15, 0.2) is 6.61 Å². The molecule has 0 unspecified atom stereocenters. The lowest BCUT2D eigenvalue weighted by Crippen LogP contribution is -2.23. The topological polar surface area (TPSA) is 55.4 Å². The maximum Gasteiger partial charge on any atom is 0.310 e. The summed E-state index contributed by atoms with van der Waals surface area (Å²) in [7, 11) is 0. The van der Waals surface area contributed by atoms with Crippen molar-refractivity contribution in [2.45, 2.75) is 47.0 Å². The van der Waals surface area contributed by atoms with E-state index in [1.165, 1.54) is 5.56 Å². The van der Waals surface area contributed by atoms with Crippen LogP contribution in [0.3, 0.4) is 0 Å². The van der Waals surface area contributed by atoms with E-state index in [2.05, 4.69) is 5.32 Å². The van der Waals surface area contributed by atoms with Gasteiger partial charge >= 0.3 is 5.97 Å². The molecule has 0 aliphatic heterocycles. The lowest BCUT2D eigenvalue weighted by molar-refractivity contribution is -0.146. The summed E-state index contributed by atoms with van der Waals surface area (Å²) < 4.78 is 5.15. The maximum atomic E-state index is 12.2. The Kier molecular flexibility index (Phi) is 6.96. The number of nitrogens with one attached hydrogen (secondary N) is 1. The van der Waals surface area contributed by atoms with Gasteiger partial charge in [-0.15, -0.1) is 0 Å². The molecule has 26 heavy (non-hydrogen) atoms. The summed E-state index contributed by atoms with van der Waals surface area (Å²) in [5.41, 5.74) is 6.22. The highest BCUT2D eigenvalue weighted by Crippen LogP contribution is 2.22. The molecular formula is C22H27NO3. The fraction of sp³-hybridized carbons (Fsp3) is 0.364. The van der Waals surface area contributed by atoms with Gasteiger partial charge < -0.3 is 10.1 Å². The number of para-hydroxylation sites is 1. The predicted octanol–water partition coefficient (Wildman–Crippen LogP) is 4.15. The highest BCUT2D eigenvalue weighted by Gasteiger charge is 2.13. The zero-order valence-electron chi connectivity index (χ0n) is 16.0. The van der Waals surface area contributed by atoms with Crippen LogP contribution in [0.25, 0.3) is 0 Å². The van der Waals surface area contributed by atoms with Crippen LogP contribution < -0.4 is 5.32 Å². The largest absolute Gasteiger partial charge is 0.455 e. The number of aryl methyl sites for hydroxylation is 4. The average Bonchev–Trinajstić information content (AvgIpc) is 2.63. The number of benzene rings is 2. The number of hydrogen-bond acceptors (Lipinski definition) is 3. The van der Waals surface area contributed by atoms with Gasteiger partial charge in [-0.05, 0) is 54.5 Å². The predicted molar refractivity (Wildman–Crippen MR) is 104 cm³/mol. The third kappa shape index (κ3) is 5.19. The van der Waals surface area contributed by atoms with Crippen molar-refractivity contribution >= 4 is 17.6 Å². The van der Waals surface area contributed by atoms with Crippen LogP contribution >= 0.6 is 0 Å². The second kappa shape index (κ2) is 9.18. The van der Waals surface area contributed by atoms with E-state index >= 15 is 0 Å². The van der Waals surface area contributed by atoms with Gasteiger partial charge in [-0.1, -0.05) is 50.2 Å². The molecule has 2 rings (SSSR count). The molecule has 0 bridgehead atoms. The van der Waals surface area contributed by atoms with Gasteiger partial charge in [0, 0.05) is 5.69 Å². The van der Waals surface area contributed by atoms with Crippen LogP contribution in [0.4, 0.5) is 5.69 Å². The Balaban J connectivity index is 1.92. The van der Waals surface area contributed by atoms with Crippen molar-refractivity contribution in [3.8, 4) is 0 Å². The number of hydrogen-bond donors (Lipinski definition) is 1. The smallest absolute Gasteiger partial charge is 0.310 e. The molecule has 0 aliphatic carbocycles. The molecule has 4 heteroatoms. The number of rotatable bonds is 7. The fourth-order valence-electron chi connectivity index (χ4n) is 2.86. The van der Waals surface area contributed by atoms with Crippen LogP contribution in [0.15, 0.2) is 36.4 Å². The molecule has 0 fully saturated rings. The van der Waals surface area contributed by atoms with Crippen molar-refractivity contribution in [3.63, 3.8) is 0 Å². The summed E-state index contributed by atoms with van der Waals surface area (Å²) in [6, 6.07) is 11.9. The van der Waals surface area contributed by atoms with Gasteiger partial charge in [-0.3, -0.25) is 9.59 Å². The van der Waals surface area contributed by atoms with E-state index in [1.54, 1.807) is 0 Å². The highest BCUT2D eigenvalue weighted by molar-refractivity contribution is 5.94. The molecule has 0 saturated carbocycles. The normalized spacial score (nSPS) is 10.5. The minimum absolute atomic E-state index is 0.167. The lowest BCUT2D eigenvalue weighted by Gasteiger charge is -2.14. The Hall–Kier alpha value is -2.62. The Morgan fingerprint density at radius 3 is 2.19 bits per heavy atom. The molecule has 2 aromatic carbocycles. The van der Waals surface area contributed by atoms with Gasteiger partial charge in [-0.25, -0.2) is 0 Å². The van der Waals surface area contributed by atoms with Crippen molar-refractivity contribution in [2.24, 2.45) is 0 Å². The number of ether oxygens (including phenoxy) is 1. The first-order chi connectivity index (χ1) is 12.4. The van der Waals surface area contributed by atoms with Crippen molar-refractivity contribution in [1.29, 1.82) is 0 Å². The van der Waals surface area contributed by atoms with E-state index in [-0.39, 0.29) is 18.9 Å². The van der Waals surface area contributed by atoms with E-state index in [0.717, 1.165) is 40.8 Å². The number of anilines is 1. The zero-order valence-corrected chi connectivity index (χ0v) is 16.0. The summed E-state index contributed by atoms with van der Waals surface area (Å²) in [5.74, 6) is -0.711. The molecule has 1 N–H and O–H groups in total. The quantitative estimate of drug-likeness (QED) is 0.761. The molecule has 4 nitrogen and oxygen atoms in total. The van der Waals surface area contributed by atoms with Crippen LogP contribution in [0.5, 0.6) is 0 Å². The number of carbonyl (C=O) groups is 2. The molecule has 0 spiro atoms. The van der Waals surface area contributed by atoms with Gasteiger partial charge in [0.2, 0.25) is 0 Å². The number of amides is 1. The molecular weight excluding hydrogens is 326 g/mol. The summed E-state index contributed by atoms with van der Waals surface area (Å²) in [6.45, 7) is 7.86. The van der Waals surface area contributed by atoms with Gasteiger partial charge in [0.05, 0.1) is 6.42 Å². The third-order valence-corrected chi connectivity index (χ3v) is 4.55. The average molecular weight is 353 g/mol. The van der Waals surface area contributed by atoms with Crippen LogP contribution in [0.2, 0.25) is 0 Å². The van der Waals surface area contributed by atoms with E-state index in [0.29, 0.717) is 0 Å². The minimum atomic E-state index is -0.400. The van der Waals surface area contributed by atoms with Crippen molar-refractivity contribution in [3.05, 3.63) is 64.2 Å². The fourth-order valence-corrected chi connectivity index (χ4v) is 2.86. The lowest BCUT2D eigenvalue weighted by atomic mass is 10.0. The summed E-state index contributed by atoms with van der Waals surface area (Å²) in [5, 5.41) is 2.90. The number of esters is 1. The second-order valence-electron chi connectivity index (χ2n) is 6.46. The molecule has 1 amide bonds. The maximum absolute atomic E-state index is 12.2. The molecule has 0 radical (unpaired) electrons. The van der Waals surface area contributed by atoms with Crippen LogP contribution in [-0.4, -0.2) is 18.5 Å². The molecule has 138 valence electrons. The Labute approximate surface area is 155 Å². The van der Waals surface area contributed by atoms with E-state index in [1.807, 2.05) is 64.1 Å². The Morgan fingerprint density at radius 2 is 1.62 bits per heavy atom. The molecule has 0 atom stereocenters. The Bertz CT molecular complexity index is 774. The van der Waals surface area contributed by atoms with Crippen molar-refractivity contribution < 1.29 is 14.3 Å². The van der Waals surface area contributed by atoms with Gasteiger partial charge in [0.25, 0.3) is 5.91 Å². The van der Waals surface area contributed by atoms with Crippen LogP contribution in [0, 0.1) is 13.8 Å². The molecule has 2 aromatic rings. The SMILES string of the molecule is CCc1cccc(CC)c1NC(=O)COC(=O)Cc1ccc(C)c(C)c1. The summed E-state index contributed by atoms with van der Waals surface area (Å²) in [6.07, 6.45) is 1.83. The monoisotopic (exact) mass is 353 g/mol. The second-order valence-corrected chi connectivity index (χ2v) is 6.46. The van der Waals surface area contributed by atoms with E-state index < -0.39 is 5.97 Å². The molecule has 0 heterocycles.